The third kappa shape index (κ3) is 6.03. The van der Waals surface area contributed by atoms with Crippen molar-refractivity contribution in [1.82, 2.24) is 4.98 Å². The molecule has 1 unspecified atom stereocenters. The van der Waals surface area contributed by atoms with E-state index in [0.29, 0.717) is 6.54 Å². The van der Waals surface area contributed by atoms with Gasteiger partial charge in [0.1, 0.15) is 6.10 Å². The Balaban J connectivity index is 0.000000968. The Bertz CT molecular complexity index is 1070. The quantitative estimate of drug-likeness (QED) is 0.551. The molecule has 33 heavy (non-hydrogen) atoms. The molecule has 3 aromatic rings. The van der Waals surface area contributed by atoms with Crippen LogP contribution in [-0.4, -0.2) is 30.6 Å². The maximum Gasteiger partial charge on any atom is 0.417 e. The molecular formula is C25H26F3N3O2. The van der Waals surface area contributed by atoms with Crippen molar-refractivity contribution in [3.05, 3.63) is 77.5 Å². The molecule has 0 radical (unpaired) electrons. The summed E-state index contributed by atoms with van der Waals surface area (Å²) in [6.07, 6.45) is -2.64. The summed E-state index contributed by atoms with van der Waals surface area (Å²) in [7, 11) is 0. The van der Waals surface area contributed by atoms with E-state index in [-0.39, 0.29) is 18.4 Å². The van der Waals surface area contributed by atoms with Gasteiger partial charge >= 0.3 is 6.18 Å². The number of hydrogen-bond donors (Lipinski definition) is 1. The Hall–Kier alpha value is -3.55. The number of anilines is 1. The zero-order valence-corrected chi connectivity index (χ0v) is 18.5. The van der Waals surface area contributed by atoms with Crippen molar-refractivity contribution in [3.8, 4) is 17.0 Å². The second-order valence-electron chi connectivity index (χ2n) is 7.79. The Kier molecular flexibility index (Phi) is 7.58. The highest BCUT2D eigenvalue weighted by Gasteiger charge is 2.31. The Morgan fingerprint density at radius 2 is 1.79 bits per heavy atom. The van der Waals surface area contributed by atoms with Crippen molar-refractivity contribution >= 4 is 12.1 Å². The predicted octanol–water partition coefficient (Wildman–Crippen LogP) is 5.14. The fraction of sp³-hybridized carbons (Fsp3) is 0.280. The summed E-state index contributed by atoms with van der Waals surface area (Å²) in [4.78, 5) is 14.6. The van der Waals surface area contributed by atoms with E-state index in [1.807, 2.05) is 0 Å². The van der Waals surface area contributed by atoms with Gasteiger partial charge in [0.15, 0.2) is 0 Å². The van der Waals surface area contributed by atoms with Crippen LogP contribution in [0.5, 0.6) is 5.88 Å². The van der Waals surface area contributed by atoms with Crippen LogP contribution in [0.2, 0.25) is 0 Å². The van der Waals surface area contributed by atoms with Gasteiger partial charge in [0.2, 0.25) is 12.3 Å². The molecule has 1 saturated heterocycles. The van der Waals surface area contributed by atoms with Gasteiger partial charge in [-0.05, 0) is 54.3 Å². The van der Waals surface area contributed by atoms with Crippen LogP contribution in [0, 0.1) is 13.8 Å². The number of nitrogens with two attached hydrogens (primary N) is 1. The van der Waals surface area contributed by atoms with E-state index in [9.17, 15) is 13.2 Å². The van der Waals surface area contributed by atoms with Gasteiger partial charge in [-0.1, -0.05) is 30.3 Å². The van der Waals surface area contributed by atoms with Crippen molar-refractivity contribution in [1.29, 1.82) is 0 Å². The molecule has 1 atom stereocenters. The van der Waals surface area contributed by atoms with Crippen LogP contribution < -0.4 is 15.4 Å². The number of benzene rings is 2. The molecule has 174 valence electrons. The first-order valence-electron chi connectivity index (χ1n) is 10.5. The summed E-state index contributed by atoms with van der Waals surface area (Å²) in [5, 5.41) is 0. The van der Waals surface area contributed by atoms with Gasteiger partial charge in [0, 0.05) is 30.9 Å². The van der Waals surface area contributed by atoms with Crippen molar-refractivity contribution in [3.63, 3.8) is 0 Å². The van der Waals surface area contributed by atoms with Gasteiger partial charge in [-0.2, -0.15) is 13.2 Å². The summed E-state index contributed by atoms with van der Waals surface area (Å²) < 4.78 is 43.8. The highest BCUT2D eigenvalue weighted by molar-refractivity contribution is 5.70. The normalized spacial score (nSPS) is 15.5. The van der Waals surface area contributed by atoms with Crippen molar-refractivity contribution in [2.75, 3.05) is 18.0 Å². The number of rotatable bonds is 4. The monoisotopic (exact) mass is 457 g/mol. The smallest absolute Gasteiger partial charge is 0.417 e. The van der Waals surface area contributed by atoms with Gasteiger partial charge < -0.3 is 15.4 Å². The van der Waals surface area contributed by atoms with Crippen molar-refractivity contribution < 1.29 is 22.7 Å². The fourth-order valence-corrected chi connectivity index (χ4v) is 3.76. The molecule has 0 saturated carbocycles. The zero-order chi connectivity index (χ0) is 24.0. The average Bonchev–Trinajstić information content (AvgIpc) is 3.25. The van der Waals surface area contributed by atoms with Crippen LogP contribution in [0.1, 0.15) is 23.1 Å². The van der Waals surface area contributed by atoms with E-state index in [0.717, 1.165) is 30.9 Å². The first-order valence-corrected chi connectivity index (χ1v) is 10.5. The third-order valence-corrected chi connectivity index (χ3v) is 5.64. The first-order chi connectivity index (χ1) is 15.7. The number of carbonyl (C=O) groups is 1. The highest BCUT2D eigenvalue weighted by Crippen LogP contribution is 2.31. The fourth-order valence-electron chi connectivity index (χ4n) is 3.76. The number of carbonyl (C=O) groups excluding carboxylic acids is 1. The molecule has 1 aliphatic heterocycles. The number of ether oxygens (including phenoxy) is 1. The van der Waals surface area contributed by atoms with E-state index in [1.165, 1.54) is 28.3 Å². The SMILES string of the molecule is Cc1cccc(-c2ccc(N3CCC(Oc4ccc(C(F)(F)F)cn4)C3)cc2)c1C.NC=O. The number of aromatic nitrogens is 1. The number of nitrogens with zero attached hydrogens (tertiary/aromatic N) is 2. The van der Waals surface area contributed by atoms with Gasteiger partial charge in [-0.15, -0.1) is 0 Å². The molecule has 0 bridgehead atoms. The van der Waals surface area contributed by atoms with E-state index in [2.05, 4.69) is 71.9 Å². The molecule has 2 N–H and O–H groups in total. The van der Waals surface area contributed by atoms with Gasteiger partial charge in [0.25, 0.3) is 0 Å². The highest BCUT2D eigenvalue weighted by atomic mass is 19.4. The summed E-state index contributed by atoms with van der Waals surface area (Å²) in [5.41, 5.74) is 9.47. The van der Waals surface area contributed by atoms with Gasteiger partial charge in [-0.3, -0.25) is 4.79 Å². The van der Waals surface area contributed by atoms with Crippen LogP contribution in [-0.2, 0) is 11.0 Å². The van der Waals surface area contributed by atoms with Crippen LogP contribution in [0.3, 0.4) is 0 Å². The van der Waals surface area contributed by atoms with Crippen molar-refractivity contribution in [2.45, 2.75) is 32.5 Å². The summed E-state index contributed by atoms with van der Waals surface area (Å²) in [6.45, 7) is 5.75. The maximum atomic E-state index is 12.7. The Morgan fingerprint density at radius 1 is 1.09 bits per heavy atom. The molecule has 2 aromatic carbocycles. The second kappa shape index (κ2) is 10.4. The van der Waals surface area contributed by atoms with Crippen LogP contribution in [0.25, 0.3) is 11.1 Å². The van der Waals surface area contributed by atoms with Crippen molar-refractivity contribution in [2.24, 2.45) is 5.73 Å². The second-order valence-corrected chi connectivity index (χ2v) is 7.79. The maximum absolute atomic E-state index is 12.7. The number of halogens is 3. The summed E-state index contributed by atoms with van der Waals surface area (Å²) in [6, 6.07) is 17.1. The molecular weight excluding hydrogens is 431 g/mol. The molecule has 8 heteroatoms. The lowest BCUT2D eigenvalue weighted by Gasteiger charge is -2.19. The third-order valence-electron chi connectivity index (χ3n) is 5.64. The Labute approximate surface area is 191 Å². The molecule has 5 nitrogen and oxygen atoms in total. The van der Waals surface area contributed by atoms with Crippen LogP contribution in [0.4, 0.5) is 18.9 Å². The molecule has 2 heterocycles. The number of alkyl halides is 3. The lowest BCUT2D eigenvalue weighted by atomic mass is 9.97. The number of aryl methyl sites for hydroxylation is 1. The standard InChI is InChI=1S/C24H23F3N2O.CH3NO/c1-16-4-3-5-22(17(16)2)18-6-9-20(10-7-18)29-13-12-21(15-29)30-23-11-8-19(14-28-23)24(25,26)27;2-1-3/h3-11,14,21H,12-13,15H2,1-2H3;1H,(H2,2,3). The lowest BCUT2D eigenvalue weighted by molar-refractivity contribution is -0.137. The summed E-state index contributed by atoms with van der Waals surface area (Å²) >= 11 is 0. The van der Waals surface area contributed by atoms with E-state index in [4.69, 9.17) is 9.53 Å². The topological polar surface area (TPSA) is 68.4 Å². The number of hydrogen-bond acceptors (Lipinski definition) is 4. The molecule has 0 aliphatic carbocycles. The minimum absolute atomic E-state index is 0.104. The van der Waals surface area contributed by atoms with Gasteiger partial charge in [0.05, 0.1) is 12.1 Å². The van der Waals surface area contributed by atoms with E-state index >= 15 is 0 Å². The Morgan fingerprint density at radius 3 is 2.39 bits per heavy atom. The minimum Gasteiger partial charge on any atom is -0.472 e. The van der Waals surface area contributed by atoms with Crippen LogP contribution in [0.15, 0.2) is 60.8 Å². The average molecular weight is 457 g/mol. The first kappa shape index (κ1) is 24.1. The zero-order valence-electron chi connectivity index (χ0n) is 18.5. The molecule has 1 aromatic heterocycles. The molecule has 0 spiro atoms. The van der Waals surface area contributed by atoms with E-state index in [1.54, 1.807) is 0 Å². The van der Waals surface area contributed by atoms with Gasteiger partial charge in [-0.25, -0.2) is 4.98 Å². The number of pyridine rings is 1. The number of amides is 1. The summed E-state index contributed by atoms with van der Waals surface area (Å²) in [5.74, 6) is 0.222. The lowest BCUT2D eigenvalue weighted by Crippen LogP contribution is -2.24. The predicted molar refractivity (Wildman–Crippen MR) is 122 cm³/mol. The largest absolute Gasteiger partial charge is 0.472 e. The van der Waals surface area contributed by atoms with E-state index < -0.39 is 11.7 Å². The minimum atomic E-state index is -4.39. The molecule has 1 aliphatic rings. The molecule has 1 fully saturated rings. The molecule has 4 rings (SSSR count). The number of primary amides is 1. The molecule has 1 amide bonds. The van der Waals surface area contributed by atoms with Crippen LogP contribution >= 0.6 is 0 Å².